The second-order valence-electron chi connectivity index (χ2n) is 11.7. The average Bonchev–Trinajstić information content (AvgIpc) is 2.92. The van der Waals surface area contributed by atoms with Gasteiger partial charge >= 0.3 is 11.9 Å². The number of esters is 1. The van der Waals surface area contributed by atoms with E-state index in [2.05, 4.69) is 19.1 Å². The van der Waals surface area contributed by atoms with Crippen molar-refractivity contribution in [2.24, 2.45) is 5.92 Å². The Morgan fingerprint density at radius 1 is 0.564 bits per heavy atom. The number of hydrogen-bond acceptors (Lipinski definition) is 3. The van der Waals surface area contributed by atoms with Gasteiger partial charge in [0.1, 0.15) is 0 Å². The molecule has 0 fully saturated rings. The Labute approximate surface area is 243 Å². The monoisotopic (exact) mass is 550 g/mol. The predicted octanol–water partition coefficient (Wildman–Crippen LogP) is 11.4. The van der Waals surface area contributed by atoms with Gasteiger partial charge in [-0.2, -0.15) is 0 Å². The Morgan fingerprint density at radius 3 is 1.33 bits per heavy atom. The Morgan fingerprint density at radius 2 is 0.949 bits per heavy atom. The zero-order chi connectivity index (χ0) is 28.7. The van der Waals surface area contributed by atoms with E-state index < -0.39 is 11.9 Å². The van der Waals surface area contributed by atoms with Crippen molar-refractivity contribution >= 4 is 11.9 Å². The number of carbonyl (C=O) groups excluding carboxylic acids is 1. The summed E-state index contributed by atoms with van der Waals surface area (Å²) in [6.07, 6.45) is 38.2. The van der Waals surface area contributed by atoms with Gasteiger partial charge in [-0.25, -0.2) is 0 Å². The first-order valence-corrected chi connectivity index (χ1v) is 17.1. The maximum Gasteiger partial charge on any atom is 0.309 e. The third kappa shape index (κ3) is 29.5. The largest absolute Gasteiger partial charge is 0.481 e. The van der Waals surface area contributed by atoms with Gasteiger partial charge in [-0.05, 0) is 38.5 Å². The van der Waals surface area contributed by atoms with Gasteiger partial charge in [0.25, 0.3) is 0 Å². The molecule has 39 heavy (non-hydrogen) atoms. The summed E-state index contributed by atoms with van der Waals surface area (Å²) in [6, 6.07) is 0. The quantitative estimate of drug-likeness (QED) is 0.0529. The van der Waals surface area contributed by atoms with Crippen LogP contribution in [0.5, 0.6) is 0 Å². The number of carbonyl (C=O) groups is 2. The van der Waals surface area contributed by atoms with E-state index in [-0.39, 0.29) is 12.4 Å². The minimum atomic E-state index is -0.932. The van der Waals surface area contributed by atoms with Crippen LogP contribution in [0.1, 0.15) is 187 Å². The third-order valence-corrected chi connectivity index (χ3v) is 7.77. The second-order valence-corrected chi connectivity index (χ2v) is 11.7. The molecule has 4 nitrogen and oxygen atoms in total. The van der Waals surface area contributed by atoms with E-state index in [1.807, 2.05) is 6.92 Å². The molecule has 0 heterocycles. The number of carboxylic acids is 1. The smallest absolute Gasteiger partial charge is 0.309 e. The van der Waals surface area contributed by atoms with Gasteiger partial charge in [0.05, 0.1) is 18.9 Å². The summed E-state index contributed by atoms with van der Waals surface area (Å²) >= 11 is 0. The molecule has 0 aliphatic rings. The lowest BCUT2D eigenvalue weighted by atomic mass is 9.98. The number of rotatable bonds is 31. The third-order valence-electron chi connectivity index (χ3n) is 7.77. The molecule has 0 bridgehead atoms. The number of ether oxygens (including phenoxy) is 1. The van der Waals surface area contributed by atoms with E-state index in [9.17, 15) is 9.59 Å². The molecule has 0 aromatic rings. The molecule has 0 aromatic heterocycles. The highest BCUT2D eigenvalue weighted by atomic mass is 16.5. The number of allylic oxidation sites excluding steroid dienone is 2. The molecule has 1 unspecified atom stereocenters. The topological polar surface area (TPSA) is 63.6 Å². The van der Waals surface area contributed by atoms with Crippen LogP contribution < -0.4 is 0 Å². The molecule has 0 rings (SSSR count). The van der Waals surface area contributed by atoms with Gasteiger partial charge in [-0.1, -0.05) is 154 Å². The molecule has 0 amide bonds. The van der Waals surface area contributed by atoms with Gasteiger partial charge in [-0.3, -0.25) is 9.59 Å². The number of hydrogen-bond donors (Lipinski definition) is 1. The fraction of sp³-hybridized carbons (Fsp3) is 0.886. The summed E-state index contributed by atoms with van der Waals surface area (Å²) in [6.45, 7) is 4.60. The molecule has 1 atom stereocenters. The highest BCUT2D eigenvalue weighted by molar-refractivity contribution is 5.79. The van der Waals surface area contributed by atoms with Crippen LogP contribution in [0.15, 0.2) is 12.2 Å². The Bertz CT molecular complexity index is 557. The first-order valence-electron chi connectivity index (χ1n) is 17.1. The van der Waals surface area contributed by atoms with E-state index in [1.165, 1.54) is 135 Å². The van der Waals surface area contributed by atoms with Gasteiger partial charge in [0, 0.05) is 0 Å². The van der Waals surface area contributed by atoms with Crippen LogP contribution >= 0.6 is 0 Å². The molecule has 0 saturated carbocycles. The summed E-state index contributed by atoms with van der Waals surface area (Å²) in [7, 11) is 0. The van der Waals surface area contributed by atoms with Crippen LogP contribution in [-0.2, 0) is 14.3 Å². The molecular weight excluding hydrogens is 484 g/mol. The van der Waals surface area contributed by atoms with Gasteiger partial charge in [-0.15, -0.1) is 0 Å². The summed E-state index contributed by atoms with van der Waals surface area (Å²) in [5.41, 5.74) is 0. The molecule has 0 radical (unpaired) electrons. The maximum atomic E-state index is 12.0. The van der Waals surface area contributed by atoms with Crippen LogP contribution in [0, 0.1) is 5.92 Å². The lowest BCUT2D eigenvalue weighted by Crippen LogP contribution is -2.21. The van der Waals surface area contributed by atoms with Crippen molar-refractivity contribution < 1.29 is 19.4 Å². The van der Waals surface area contributed by atoms with Crippen molar-refractivity contribution in [3.05, 3.63) is 12.2 Å². The maximum absolute atomic E-state index is 12.0. The molecule has 0 aromatic carbocycles. The fourth-order valence-corrected chi connectivity index (χ4v) is 5.25. The number of unbranched alkanes of at least 4 members (excludes halogenated alkanes) is 22. The summed E-state index contributed by atoms with van der Waals surface area (Å²) < 4.78 is 5.14. The highest BCUT2D eigenvalue weighted by Gasteiger charge is 2.22. The van der Waals surface area contributed by atoms with E-state index in [4.69, 9.17) is 9.84 Å². The molecule has 0 aliphatic carbocycles. The van der Waals surface area contributed by atoms with Crippen molar-refractivity contribution in [2.45, 2.75) is 187 Å². The average molecular weight is 551 g/mol. The minimum absolute atomic E-state index is 0.133. The molecular formula is C35H66O4. The lowest BCUT2D eigenvalue weighted by Gasteiger charge is -2.13. The molecule has 4 heteroatoms. The zero-order valence-corrected chi connectivity index (χ0v) is 26.2. The van der Waals surface area contributed by atoms with Crippen LogP contribution in [0.25, 0.3) is 0 Å². The Kier molecular flexibility index (Phi) is 30.2. The van der Waals surface area contributed by atoms with Crippen molar-refractivity contribution in [3.8, 4) is 0 Å². The van der Waals surface area contributed by atoms with Gasteiger partial charge < -0.3 is 9.84 Å². The van der Waals surface area contributed by atoms with Crippen molar-refractivity contribution in [1.82, 2.24) is 0 Å². The van der Waals surface area contributed by atoms with E-state index in [1.54, 1.807) is 0 Å². The lowest BCUT2D eigenvalue weighted by molar-refractivity contribution is -0.153. The van der Waals surface area contributed by atoms with Crippen molar-refractivity contribution in [2.75, 3.05) is 6.61 Å². The first-order chi connectivity index (χ1) is 19.1. The number of carboxylic acid groups (broad SMARTS) is 1. The predicted molar refractivity (Wildman–Crippen MR) is 167 cm³/mol. The van der Waals surface area contributed by atoms with Gasteiger partial charge in [0.15, 0.2) is 0 Å². The second kappa shape index (κ2) is 31.2. The zero-order valence-electron chi connectivity index (χ0n) is 26.2. The van der Waals surface area contributed by atoms with Crippen molar-refractivity contribution in [1.29, 1.82) is 0 Å². The number of aliphatic carboxylic acids is 1. The van der Waals surface area contributed by atoms with Crippen LogP contribution in [-0.4, -0.2) is 23.7 Å². The van der Waals surface area contributed by atoms with Crippen molar-refractivity contribution in [3.63, 3.8) is 0 Å². The summed E-state index contributed by atoms with van der Waals surface area (Å²) in [5, 5.41) is 9.03. The SMILES string of the molecule is CCCCCCCCCCCCCCCCCCCCCCC/C=C/CCCC(CC(=O)O)C(=O)OCCC. The first kappa shape index (κ1) is 37.7. The van der Waals surface area contributed by atoms with E-state index >= 15 is 0 Å². The minimum Gasteiger partial charge on any atom is -0.481 e. The van der Waals surface area contributed by atoms with Gasteiger partial charge in [0.2, 0.25) is 0 Å². The van der Waals surface area contributed by atoms with Crippen LogP contribution in [0.3, 0.4) is 0 Å². The summed E-state index contributed by atoms with van der Waals surface area (Å²) in [5.74, 6) is -1.81. The highest BCUT2D eigenvalue weighted by Crippen LogP contribution is 2.17. The molecule has 230 valence electrons. The van der Waals surface area contributed by atoms with Crippen LogP contribution in [0.4, 0.5) is 0 Å². The Balaban J connectivity index is 3.37. The summed E-state index contributed by atoms with van der Waals surface area (Å²) in [4.78, 5) is 23.0. The van der Waals surface area contributed by atoms with E-state index in [0.717, 1.165) is 25.7 Å². The van der Waals surface area contributed by atoms with E-state index in [0.29, 0.717) is 13.0 Å². The van der Waals surface area contributed by atoms with Crippen LogP contribution in [0.2, 0.25) is 0 Å². The molecule has 0 spiro atoms. The Hall–Kier alpha value is -1.32. The molecule has 1 N–H and O–H groups in total. The fourth-order valence-electron chi connectivity index (χ4n) is 5.25. The molecule has 0 saturated heterocycles. The normalized spacial score (nSPS) is 12.3. The molecule has 0 aliphatic heterocycles. The standard InChI is InChI=1S/C35H66O4/c1-3-5-6-7-8-9-10-11-12-13-14-15-16-17-18-19-20-21-22-23-24-25-26-27-28-29-30-33(32-34(36)37)35(38)39-31-4-2/h26-27,33H,3-25,28-32H2,1-2H3,(H,36,37)/b27-26+.